The summed E-state index contributed by atoms with van der Waals surface area (Å²) in [6.45, 7) is 4.72. The molecule has 0 aliphatic carbocycles. The van der Waals surface area contributed by atoms with Crippen molar-refractivity contribution in [2.45, 2.75) is 45.6 Å². The number of unbranched alkanes of at least 4 members (excludes halogenated alkanes) is 1. The lowest BCUT2D eigenvalue weighted by Gasteiger charge is -2.35. The van der Waals surface area contributed by atoms with Crippen molar-refractivity contribution in [2.24, 2.45) is 11.8 Å². The molecule has 1 aliphatic rings. The summed E-state index contributed by atoms with van der Waals surface area (Å²) < 4.78 is 14.0. The number of carboxylic acid groups (broad SMARTS) is 1. The van der Waals surface area contributed by atoms with Crippen LogP contribution in [0.4, 0.5) is 4.39 Å². The van der Waals surface area contributed by atoms with Crippen molar-refractivity contribution in [1.29, 1.82) is 0 Å². The molecule has 0 amide bonds. The maximum Gasteiger partial charge on any atom is 0.306 e. The number of halogens is 1. The Labute approximate surface area is 154 Å². The van der Waals surface area contributed by atoms with Crippen molar-refractivity contribution < 1.29 is 14.3 Å². The van der Waals surface area contributed by atoms with E-state index in [-0.39, 0.29) is 17.7 Å². The molecule has 1 unspecified atom stereocenters. The summed E-state index contributed by atoms with van der Waals surface area (Å²) in [5, 5.41) is 11.2. The van der Waals surface area contributed by atoms with Gasteiger partial charge in [0.05, 0.1) is 5.92 Å². The quantitative estimate of drug-likeness (QED) is 0.751. The van der Waals surface area contributed by atoms with Crippen LogP contribution in [0.25, 0.3) is 10.8 Å². The number of rotatable bonds is 7. The summed E-state index contributed by atoms with van der Waals surface area (Å²) in [6, 6.07) is 11.0. The number of fused-ring (bicyclic) bond motifs is 1. The van der Waals surface area contributed by atoms with E-state index in [1.54, 1.807) is 6.07 Å². The molecule has 0 saturated carbocycles. The molecule has 140 valence electrons. The molecule has 1 N–H and O–H groups in total. The first-order valence-electron chi connectivity index (χ1n) is 9.71. The minimum atomic E-state index is -0.638. The van der Waals surface area contributed by atoms with Gasteiger partial charge in [-0.1, -0.05) is 50.1 Å². The first-order chi connectivity index (χ1) is 12.6. The zero-order valence-corrected chi connectivity index (χ0v) is 15.5. The SMILES string of the molecule is CCCCC(C(=O)O)C1CCN(Cc2ccc(F)c3ccccc23)CC1. The highest BCUT2D eigenvalue weighted by molar-refractivity contribution is 5.86. The molecule has 1 fully saturated rings. The maximum absolute atomic E-state index is 14.0. The molecule has 0 spiro atoms. The zero-order chi connectivity index (χ0) is 18.5. The lowest BCUT2D eigenvalue weighted by molar-refractivity contribution is -0.144. The van der Waals surface area contributed by atoms with Crippen LogP contribution in [0.3, 0.4) is 0 Å². The Morgan fingerprint density at radius 2 is 1.88 bits per heavy atom. The molecule has 4 heteroatoms. The van der Waals surface area contributed by atoms with Crippen LogP contribution in [0, 0.1) is 17.7 Å². The van der Waals surface area contributed by atoms with Crippen LogP contribution in [-0.2, 0) is 11.3 Å². The summed E-state index contributed by atoms with van der Waals surface area (Å²) in [7, 11) is 0. The van der Waals surface area contributed by atoms with Crippen LogP contribution < -0.4 is 0 Å². The fraction of sp³-hybridized carbons (Fsp3) is 0.500. The largest absolute Gasteiger partial charge is 0.481 e. The molecule has 0 aromatic heterocycles. The molecular weight excluding hydrogens is 329 g/mol. The smallest absolute Gasteiger partial charge is 0.306 e. The van der Waals surface area contributed by atoms with Crippen molar-refractivity contribution in [3.63, 3.8) is 0 Å². The predicted octanol–water partition coefficient (Wildman–Crippen LogP) is 5.08. The van der Waals surface area contributed by atoms with Gasteiger partial charge in [-0.05, 0) is 55.3 Å². The number of piperidine rings is 1. The highest BCUT2D eigenvalue weighted by Gasteiger charge is 2.30. The van der Waals surface area contributed by atoms with Crippen molar-refractivity contribution in [3.05, 3.63) is 47.8 Å². The van der Waals surface area contributed by atoms with E-state index in [1.165, 1.54) is 0 Å². The van der Waals surface area contributed by atoms with Crippen LogP contribution in [0.5, 0.6) is 0 Å². The molecule has 3 nitrogen and oxygen atoms in total. The van der Waals surface area contributed by atoms with Crippen LogP contribution in [0.1, 0.15) is 44.6 Å². The van der Waals surface area contributed by atoms with Gasteiger partial charge in [-0.3, -0.25) is 9.69 Å². The molecule has 1 aliphatic heterocycles. The van der Waals surface area contributed by atoms with Gasteiger partial charge in [0, 0.05) is 11.9 Å². The van der Waals surface area contributed by atoms with E-state index in [9.17, 15) is 14.3 Å². The Balaban J connectivity index is 1.64. The highest BCUT2D eigenvalue weighted by atomic mass is 19.1. The molecule has 3 rings (SSSR count). The first-order valence-corrected chi connectivity index (χ1v) is 9.71. The Morgan fingerprint density at radius 1 is 1.19 bits per heavy atom. The fourth-order valence-corrected chi connectivity index (χ4v) is 4.20. The third-order valence-electron chi connectivity index (χ3n) is 5.74. The second kappa shape index (κ2) is 8.63. The van der Waals surface area contributed by atoms with E-state index < -0.39 is 5.97 Å². The van der Waals surface area contributed by atoms with Gasteiger partial charge >= 0.3 is 5.97 Å². The Hall–Kier alpha value is -1.94. The molecule has 0 bridgehead atoms. The number of hydrogen-bond donors (Lipinski definition) is 1. The van der Waals surface area contributed by atoms with Gasteiger partial charge in [0.15, 0.2) is 0 Å². The van der Waals surface area contributed by atoms with Gasteiger partial charge in [0.1, 0.15) is 5.82 Å². The molecule has 0 radical (unpaired) electrons. The fourth-order valence-electron chi connectivity index (χ4n) is 4.20. The first kappa shape index (κ1) is 18.8. The summed E-state index contributed by atoms with van der Waals surface area (Å²) >= 11 is 0. The second-order valence-corrected chi connectivity index (χ2v) is 7.45. The van der Waals surface area contributed by atoms with Gasteiger partial charge in [-0.15, -0.1) is 0 Å². The zero-order valence-electron chi connectivity index (χ0n) is 15.5. The number of likely N-dealkylation sites (tertiary alicyclic amines) is 1. The van der Waals surface area contributed by atoms with E-state index >= 15 is 0 Å². The molecular formula is C22H28FNO2. The Morgan fingerprint density at radius 3 is 2.54 bits per heavy atom. The summed E-state index contributed by atoms with van der Waals surface area (Å²) in [5.41, 5.74) is 1.14. The third-order valence-corrected chi connectivity index (χ3v) is 5.74. The molecule has 1 saturated heterocycles. The summed E-state index contributed by atoms with van der Waals surface area (Å²) in [5.74, 6) is -0.742. The van der Waals surface area contributed by atoms with E-state index in [0.717, 1.165) is 62.7 Å². The van der Waals surface area contributed by atoms with Gasteiger partial charge in [0.25, 0.3) is 0 Å². The van der Waals surface area contributed by atoms with Gasteiger partial charge in [0.2, 0.25) is 0 Å². The van der Waals surface area contributed by atoms with Crippen LogP contribution in [-0.4, -0.2) is 29.1 Å². The van der Waals surface area contributed by atoms with Crippen molar-refractivity contribution in [2.75, 3.05) is 13.1 Å². The lowest BCUT2D eigenvalue weighted by Crippen LogP contribution is -2.37. The van der Waals surface area contributed by atoms with Crippen LogP contribution in [0.15, 0.2) is 36.4 Å². The predicted molar refractivity (Wildman–Crippen MR) is 103 cm³/mol. The average Bonchev–Trinajstić information content (AvgIpc) is 2.65. The molecule has 2 aromatic carbocycles. The third kappa shape index (κ3) is 4.24. The minimum absolute atomic E-state index is 0.178. The number of carboxylic acids is 1. The summed E-state index contributed by atoms with van der Waals surface area (Å²) in [6.07, 6.45) is 4.68. The Kier molecular flexibility index (Phi) is 6.25. The number of aliphatic carboxylic acids is 1. The van der Waals surface area contributed by atoms with Crippen molar-refractivity contribution in [1.82, 2.24) is 4.90 Å². The van der Waals surface area contributed by atoms with E-state index in [1.807, 2.05) is 30.3 Å². The monoisotopic (exact) mass is 357 g/mol. The summed E-state index contributed by atoms with van der Waals surface area (Å²) in [4.78, 5) is 14.0. The Bertz CT molecular complexity index is 753. The van der Waals surface area contributed by atoms with E-state index in [2.05, 4.69) is 11.8 Å². The van der Waals surface area contributed by atoms with E-state index in [4.69, 9.17) is 0 Å². The van der Waals surface area contributed by atoms with Crippen molar-refractivity contribution >= 4 is 16.7 Å². The lowest BCUT2D eigenvalue weighted by atomic mass is 9.81. The maximum atomic E-state index is 14.0. The molecule has 2 aromatic rings. The van der Waals surface area contributed by atoms with Crippen LogP contribution in [0.2, 0.25) is 0 Å². The van der Waals surface area contributed by atoms with Gasteiger partial charge < -0.3 is 5.11 Å². The highest BCUT2D eigenvalue weighted by Crippen LogP contribution is 2.30. The number of benzene rings is 2. The molecule has 1 heterocycles. The topological polar surface area (TPSA) is 40.5 Å². The second-order valence-electron chi connectivity index (χ2n) is 7.45. The molecule has 1 atom stereocenters. The normalized spacial score (nSPS) is 17.5. The number of carbonyl (C=O) groups is 1. The number of hydrogen-bond acceptors (Lipinski definition) is 2. The average molecular weight is 357 g/mol. The van der Waals surface area contributed by atoms with Crippen LogP contribution >= 0.6 is 0 Å². The van der Waals surface area contributed by atoms with E-state index in [0.29, 0.717) is 5.39 Å². The standard InChI is InChI=1S/C22H28FNO2/c1-2-3-6-19(22(25)26)16-11-13-24(14-12-16)15-17-9-10-21(23)20-8-5-4-7-18(17)20/h4-5,7-10,16,19H,2-3,6,11-15H2,1H3,(H,25,26). The van der Waals surface area contributed by atoms with Gasteiger partial charge in [-0.2, -0.15) is 0 Å². The number of nitrogens with zero attached hydrogens (tertiary/aromatic N) is 1. The molecule has 26 heavy (non-hydrogen) atoms. The van der Waals surface area contributed by atoms with Gasteiger partial charge in [-0.25, -0.2) is 4.39 Å². The van der Waals surface area contributed by atoms with Crippen molar-refractivity contribution in [3.8, 4) is 0 Å². The minimum Gasteiger partial charge on any atom is -0.481 e.